The van der Waals surface area contributed by atoms with Gasteiger partial charge in [0.25, 0.3) is 0 Å². The van der Waals surface area contributed by atoms with Crippen molar-refractivity contribution in [3.8, 4) is 28.1 Å². The molecule has 0 saturated heterocycles. The molecule has 112 valence electrons. The van der Waals surface area contributed by atoms with Crippen LogP contribution in [0.1, 0.15) is 0 Å². The first kappa shape index (κ1) is 13.6. The number of hydrogen-bond acceptors (Lipinski definition) is 2. The molecule has 0 aliphatic rings. The summed E-state index contributed by atoms with van der Waals surface area (Å²) in [5.41, 5.74) is 5.70. The zero-order chi connectivity index (χ0) is 15.6. The van der Waals surface area contributed by atoms with Gasteiger partial charge in [-0.1, -0.05) is 36.4 Å². The lowest BCUT2D eigenvalue weighted by atomic mass is 10.0. The summed E-state index contributed by atoms with van der Waals surface area (Å²) in [5.74, 6) is 0.872. The second-order valence-corrected chi connectivity index (χ2v) is 5.45. The van der Waals surface area contributed by atoms with E-state index in [4.69, 9.17) is 4.74 Å². The van der Waals surface area contributed by atoms with Gasteiger partial charge in [0, 0.05) is 17.3 Å². The molecule has 1 N–H and O–H groups in total. The summed E-state index contributed by atoms with van der Waals surface area (Å²) in [6.07, 6.45) is 3.66. The smallest absolute Gasteiger partial charge is 0.118 e. The minimum atomic E-state index is 0.872. The molecule has 0 fully saturated rings. The Morgan fingerprint density at radius 1 is 0.826 bits per heavy atom. The summed E-state index contributed by atoms with van der Waals surface area (Å²) in [4.78, 5) is 7.55. The van der Waals surface area contributed by atoms with Crippen LogP contribution in [-0.4, -0.2) is 17.1 Å². The Bertz CT molecular complexity index is 904. The summed E-state index contributed by atoms with van der Waals surface area (Å²) in [7, 11) is 1.68. The fourth-order valence-electron chi connectivity index (χ4n) is 2.75. The molecule has 2 aromatic carbocycles. The van der Waals surface area contributed by atoms with Crippen molar-refractivity contribution in [2.45, 2.75) is 0 Å². The third-order valence-electron chi connectivity index (χ3n) is 4.04. The first-order valence-electron chi connectivity index (χ1n) is 7.51. The number of aromatic nitrogens is 2. The Balaban J connectivity index is 1.66. The molecule has 23 heavy (non-hydrogen) atoms. The molecule has 0 amide bonds. The Kier molecular flexibility index (Phi) is 3.31. The van der Waals surface area contributed by atoms with Crippen LogP contribution in [0.15, 0.2) is 73.1 Å². The molecule has 0 spiro atoms. The number of hydrogen-bond donors (Lipinski definition) is 1. The second kappa shape index (κ2) is 5.61. The van der Waals surface area contributed by atoms with E-state index in [-0.39, 0.29) is 0 Å². The standard InChI is InChI=1S/C20H16N2O/c1-23-18-8-6-15(7-9-18)14-2-4-16(5-3-14)19-12-17-10-11-21-13-20(17)22-19/h2-13,22H,1H3. The van der Waals surface area contributed by atoms with Crippen LogP contribution < -0.4 is 4.74 Å². The van der Waals surface area contributed by atoms with Crippen molar-refractivity contribution in [3.05, 3.63) is 73.1 Å². The van der Waals surface area contributed by atoms with Gasteiger partial charge >= 0.3 is 0 Å². The Morgan fingerprint density at radius 3 is 2.13 bits per heavy atom. The van der Waals surface area contributed by atoms with Crippen LogP contribution >= 0.6 is 0 Å². The number of aromatic amines is 1. The Labute approximate surface area is 134 Å². The van der Waals surface area contributed by atoms with E-state index in [1.165, 1.54) is 22.1 Å². The van der Waals surface area contributed by atoms with Crippen molar-refractivity contribution in [2.24, 2.45) is 0 Å². The lowest BCUT2D eigenvalue weighted by Gasteiger charge is -2.05. The van der Waals surface area contributed by atoms with Gasteiger partial charge in [-0.05, 0) is 41.0 Å². The molecule has 0 aliphatic heterocycles. The zero-order valence-electron chi connectivity index (χ0n) is 12.8. The Hall–Kier alpha value is -3.07. The van der Waals surface area contributed by atoms with Crippen molar-refractivity contribution < 1.29 is 4.74 Å². The van der Waals surface area contributed by atoms with Gasteiger partial charge in [0.1, 0.15) is 5.75 Å². The maximum atomic E-state index is 5.20. The van der Waals surface area contributed by atoms with E-state index in [0.717, 1.165) is 17.0 Å². The molecule has 0 saturated carbocycles. The first-order valence-corrected chi connectivity index (χ1v) is 7.51. The number of ether oxygens (including phenoxy) is 1. The highest BCUT2D eigenvalue weighted by atomic mass is 16.5. The highest BCUT2D eigenvalue weighted by Crippen LogP contribution is 2.27. The maximum absolute atomic E-state index is 5.20. The van der Waals surface area contributed by atoms with Crippen LogP contribution in [-0.2, 0) is 0 Å². The normalized spacial score (nSPS) is 10.8. The third-order valence-corrected chi connectivity index (χ3v) is 4.04. The molecular weight excluding hydrogens is 284 g/mol. The Morgan fingerprint density at radius 2 is 1.48 bits per heavy atom. The molecule has 2 heterocycles. The van der Waals surface area contributed by atoms with Crippen LogP contribution in [0.3, 0.4) is 0 Å². The van der Waals surface area contributed by atoms with Crippen LogP contribution in [0.25, 0.3) is 33.3 Å². The van der Waals surface area contributed by atoms with E-state index >= 15 is 0 Å². The highest BCUT2D eigenvalue weighted by molar-refractivity contribution is 5.85. The van der Waals surface area contributed by atoms with Crippen LogP contribution in [0.5, 0.6) is 5.75 Å². The topological polar surface area (TPSA) is 37.9 Å². The molecular formula is C20H16N2O. The predicted molar refractivity (Wildman–Crippen MR) is 93.5 cm³/mol. The molecule has 0 radical (unpaired) electrons. The minimum absolute atomic E-state index is 0.872. The van der Waals surface area contributed by atoms with Gasteiger partial charge in [0.05, 0.1) is 18.8 Å². The summed E-state index contributed by atoms with van der Waals surface area (Å²) in [6.45, 7) is 0. The second-order valence-electron chi connectivity index (χ2n) is 5.45. The average molecular weight is 300 g/mol. The van der Waals surface area contributed by atoms with E-state index in [1.807, 2.05) is 30.6 Å². The molecule has 4 aromatic rings. The lowest BCUT2D eigenvalue weighted by Crippen LogP contribution is -1.83. The van der Waals surface area contributed by atoms with Gasteiger partial charge < -0.3 is 9.72 Å². The minimum Gasteiger partial charge on any atom is -0.497 e. The van der Waals surface area contributed by atoms with Gasteiger partial charge in [0.2, 0.25) is 0 Å². The lowest BCUT2D eigenvalue weighted by molar-refractivity contribution is 0.415. The third kappa shape index (κ3) is 2.57. The fraction of sp³-hybridized carbons (Fsp3) is 0.0500. The molecule has 0 aliphatic carbocycles. The SMILES string of the molecule is COc1ccc(-c2ccc(-c3cc4ccncc4[nH]3)cc2)cc1. The molecule has 3 nitrogen and oxygen atoms in total. The van der Waals surface area contributed by atoms with Crippen molar-refractivity contribution in [3.63, 3.8) is 0 Å². The number of H-pyrrole nitrogens is 1. The van der Waals surface area contributed by atoms with E-state index in [9.17, 15) is 0 Å². The fourth-order valence-corrected chi connectivity index (χ4v) is 2.75. The number of methoxy groups -OCH3 is 1. The number of nitrogens with zero attached hydrogens (tertiary/aromatic N) is 1. The van der Waals surface area contributed by atoms with Crippen LogP contribution in [0, 0.1) is 0 Å². The highest BCUT2D eigenvalue weighted by Gasteiger charge is 2.04. The van der Waals surface area contributed by atoms with Crippen molar-refractivity contribution in [1.29, 1.82) is 0 Å². The molecule has 3 heteroatoms. The monoisotopic (exact) mass is 300 g/mol. The van der Waals surface area contributed by atoms with Crippen molar-refractivity contribution >= 4 is 10.9 Å². The summed E-state index contributed by atoms with van der Waals surface area (Å²) >= 11 is 0. The van der Waals surface area contributed by atoms with Gasteiger partial charge in [0.15, 0.2) is 0 Å². The molecule has 0 atom stereocenters. The van der Waals surface area contributed by atoms with E-state index < -0.39 is 0 Å². The molecule has 0 unspecified atom stereocenters. The van der Waals surface area contributed by atoms with Crippen molar-refractivity contribution in [2.75, 3.05) is 7.11 Å². The van der Waals surface area contributed by atoms with Gasteiger partial charge in [-0.2, -0.15) is 0 Å². The molecule has 4 rings (SSSR count). The number of fused-ring (bicyclic) bond motifs is 1. The number of rotatable bonds is 3. The van der Waals surface area contributed by atoms with E-state index in [1.54, 1.807) is 7.11 Å². The van der Waals surface area contributed by atoms with Crippen LogP contribution in [0.2, 0.25) is 0 Å². The van der Waals surface area contributed by atoms with Crippen molar-refractivity contribution in [1.82, 2.24) is 9.97 Å². The maximum Gasteiger partial charge on any atom is 0.118 e. The van der Waals surface area contributed by atoms with Gasteiger partial charge in [-0.15, -0.1) is 0 Å². The quantitative estimate of drug-likeness (QED) is 0.584. The number of benzene rings is 2. The predicted octanol–water partition coefficient (Wildman–Crippen LogP) is 4.91. The average Bonchev–Trinajstić information content (AvgIpc) is 3.06. The summed E-state index contributed by atoms with van der Waals surface area (Å²) in [5, 5.41) is 1.18. The van der Waals surface area contributed by atoms with Gasteiger partial charge in [-0.25, -0.2) is 0 Å². The molecule has 2 aromatic heterocycles. The number of pyridine rings is 1. The van der Waals surface area contributed by atoms with Gasteiger partial charge in [-0.3, -0.25) is 4.98 Å². The summed E-state index contributed by atoms with van der Waals surface area (Å²) < 4.78 is 5.20. The van der Waals surface area contributed by atoms with Crippen LogP contribution in [0.4, 0.5) is 0 Å². The largest absolute Gasteiger partial charge is 0.497 e. The molecule has 0 bridgehead atoms. The number of nitrogens with one attached hydrogen (secondary N) is 1. The first-order chi connectivity index (χ1) is 11.3. The zero-order valence-corrected chi connectivity index (χ0v) is 12.8. The van der Waals surface area contributed by atoms with E-state index in [2.05, 4.69) is 52.4 Å². The van der Waals surface area contributed by atoms with E-state index in [0.29, 0.717) is 0 Å². The summed E-state index contributed by atoms with van der Waals surface area (Å²) in [6, 6.07) is 20.8.